The largest absolute Gasteiger partial charge is 0.338 e. The Morgan fingerprint density at radius 3 is 2.58 bits per heavy atom. The van der Waals surface area contributed by atoms with Gasteiger partial charge in [0.15, 0.2) is 0 Å². The standard InChI is InChI=1S/C15H23FN2O/c1-4-15(3,11-17)14(19)18(5-2)10-12-7-6-8-13(16)9-12/h6-9H,4-5,10-11,17H2,1-3H3. The van der Waals surface area contributed by atoms with Crippen LogP contribution in [-0.2, 0) is 11.3 Å². The van der Waals surface area contributed by atoms with Crippen molar-refractivity contribution in [2.75, 3.05) is 13.1 Å². The summed E-state index contributed by atoms with van der Waals surface area (Å²) >= 11 is 0. The summed E-state index contributed by atoms with van der Waals surface area (Å²) in [6, 6.07) is 6.34. The summed E-state index contributed by atoms with van der Waals surface area (Å²) in [6.45, 7) is 7.09. The number of hydrogen-bond acceptors (Lipinski definition) is 2. The van der Waals surface area contributed by atoms with Crippen LogP contribution in [-0.4, -0.2) is 23.9 Å². The predicted molar refractivity (Wildman–Crippen MR) is 74.9 cm³/mol. The van der Waals surface area contributed by atoms with Crippen molar-refractivity contribution in [2.45, 2.75) is 33.7 Å². The van der Waals surface area contributed by atoms with E-state index in [1.807, 2.05) is 26.8 Å². The molecule has 1 unspecified atom stereocenters. The number of amides is 1. The van der Waals surface area contributed by atoms with Gasteiger partial charge >= 0.3 is 0 Å². The normalized spacial score (nSPS) is 13.9. The smallest absolute Gasteiger partial charge is 0.230 e. The van der Waals surface area contributed by atoms with Crippen molar-refractivity contribution in [1.29, 1.82) is 0 Å². The molecule has 0 aliphatic heterocycles. The number of benzene rings is 1. The van der Waals surface area contributed by atoms with E-state index in [0.29, 0.717) is 26.1 Å². The van der Waals surface area contributed by atoms with Gasteiger partial charge < -0.3 is 10.6 Å². The Morgan fingerprint density at radius 1 is 1.42 bits per heavy atom. The highest BCUT2D eigenvalue weighted by Gasteiger charge is 2.33. The van der Waals surface area contributed by atoms with Gasteiger partial charge in [-0.2, -0.15) is 0 Å². The van der Waals surface area contributed by atoms with Gasteiger partial charge in [0.1, 0.15) is 5.82 Å². The van der Waals surface area contributed by atoms with Crippen molar-refractivity contribution in [3.63, 3.8) is 0 Å². The number of carbonyl (C=O) groups is 1. The Morgan fingerprint density at radius 2 is 2.11 bits per heavy atom. The Bertz CT molecular complexity index is 430. The van der Waals surface area contributed by atoms with E-state index >= 15 is 0 Å². The number of halogens is 1. The van der Waals surface area contributed by atoms with E-state index in [1.54, 1.807) is 11.0 Å². The molecule has 0 aliphatic carbocycles. The molecule has 0 spiro atoms. The molecule has 0 saturated carbocycles. The zero-order chi connectivity index (χ0) is 14.5. The quantitative estimate of drug-likeness (QED) is 0.860. The number of hydrogen-bond donors (Lipinski definition) is 1. The highest BCUT2D eigenvalue weighted by Crippen LogP contribution is 2.23. The van der Waals surface area contributed by atoms with E-state index in [0.717, 1.165) is 5.56 Å². The summed E-state index contributed by atoms with van der Waals surface area (Å²) in [5, 5.41) is 0. The van der Waals surface area contributed by atoms with Gasteiger partial charge in [-0.15, -0.1) is 0 Å². The van der Waals surface area contributed by atoms with Crippen LogP contribution in [0.1, 0.15) is 32.8 Å². The molecule has 0 bridgehead atoms. The lowest BCUT2D eigenvalue weighted by Crippen LogP contribution is -2.45. The molecule has 0 aromatic heterocycles. The Kier molecular flexibility index (Phi) is 5.48. The third-order valence-electron chi connectivity index (χ3n) is 3.68. The second-order valence-corrected chi connectivity index (χ2v) is 5.07. The first-order valence-electron chi connectivity index (χ1n) is 6.70. The van der Waals surface area contributed by atoms with E-state index in [1.165, 1.54) is 12.1 Å². The molecule has 106 valence electrons. The predicted octanol–water partition coefficient (Wildman–Crippen LogP) is 2.55. The van der Waals surface area contributed by atoms with Crippen LogP contribution in [0.15, 0.2) is 24.3 Å². The molecule has 0 radical (unpaired) electrons. The van der Waals surface area contributed by atoms with Gasteiger partial charge in [-0.25, -0.2) is 4.39 Å². The third kappa shape index (κ3) is 3.77. The van der Waals surface area contributed by atoms with Crippen molar-refractivity contribution < 1.29 is 9.18 Å². The average molecular weight is 266 g/mol. The number of nitrogens with zero attached hydrogens (tertiary/aromatic N) is 1. The van der Waals surface area contributed by atoms with Crippen LogP contribution in [0, 0.1) is 11.2 Å². The van der Waals surface area contributed by atoms with Gasteiger partial charge in [-0.3, -0.25) is 4.79 Å². The maximum absolute atomic E-state index is 13.2. The molecular weight excluding hydrogens is 243 g/mol. The fraction of sp³-hybridized carbons (Fsp3) is 0.533. The average Bonchev–Trinajstić information content (AvgIpc) is 2.43. The minimum absolute atomic E-state index is 0.0317. The summed E-state index contributed by atoms with van der Waals surface area (Å²) in [7, 11) is 0. The van der Waals surface area contributed by atoms with Crippen LogP contribution < -0.4 is 5.73 Å². The first-order chi connectivity index (χ1) is 8.96. The first-order valence-corrected chi connectivity index (χ1v) is 6.70. The van der Waals surface area contributed by atoms with Crippen LogP contribution in [0.4, 0.5) is 4.39 Å². The van der Waals surface area contributed by atoms with Gasteiger partial charge in [0.25, 0.3) is 0 Å². The Labute approximate surface area is 114 Å². The van der Waals surface area contributed by atoms with Gasteiger partial charge in [-0.1, -0.05) is 19.1 Å². The maximum atomic E-state index is 13.2. The maximum Gasteiger partial charge on any atom is 0.230 e. The molecular formula is C15H23FN2O. The lowest BCUT2D eigenvalue weighted by Gasteiger charge is -2.32. The summed E-state index contributed by atoms with van der Waals surface area (Å²) in [4.78, 5) is 14.2. The van der Waals surface area contributed by atoms with Crippen molar-refractivity contribution >= 4 is 5.91 Å². The summed E-state index contributed by atoms with van der Waals surface area (Å²) in [5.74, 6) is -0.248. The molecule has 3 nitrogen and oxygen atoms in total. The summed E-state index contributed by atoms with van der Waals surface area (Å²) < 4.78 is 13.2. The fourth-order valence-electron chi connectivity index (χ4n) is 1.95. The SMILES string of the molecule is CCN(Cc1cccc(F)c1)C(=O)C(C)(CC)CN. The first kappa shape index (κ1) is 15.6. The van der Waals surface area contributed by atoms with E-state index in [9.17, 15) is 9.18 Å². The van der Waals surface area contributed by atoms with Crippen LogP contribution in [0.5, 0.6) is 0 Å². The molecule has 1 rings (SSSR count). The highest BCUT2D eigenvalue weighted by molar-refractivity contribution is 5.82. The fourth-order valence-corrected chi connectivity index (χ4v) is 1.95. The second-order valence-electron chi connectivity index (χ2n) is 5.07. The monoisotopic (exact) mass is 266 g/mol. The van der Waals surface area contributed by atoms with Crippen molar-refractivity contribution in [1.82, 2.24) is 4.90 Å². The zero-order valence-electron chi connectivity index (χ0n) is 11.9. The lowest BCUT2D eigenvalue weighted by atomic mass is 9.86. The van der Waals surface area contributed by atoms with Crippen LogP contribution in [0.25, 0.3) is 0 Å². The van der Waals surface area contributed by atoms with Crippen LogP contribution >= 0.6 is 0 Å². The lowest BCUT2D eigenvalue weighted by molar-refractivity contribution is -0.141. The third-order valence-corrected chi connectivity index (χ3v) is 3.68. The van der Waals surface area contributed by atoms with E-state index in [2.05, 4.69) is 0 Å². The Hall–Kier alpha value is -1.42. The molecule has 2 N–H and O–H groups in total. The van der Waals surface area contributed by atoms with E-state index in [-0.39, 0.29) is 11.7 Å². The molecule has 0 saturated heterocycles. The van der Waals surface area contributed by atoms with Crippen LogP contribution in [0.2, 0.25) is 0 Å². The molecule has 1 atom stereocenters. The minimum atomic E-state index is -0.538. The summed E-state index contributed by atoms with van der Waals surface area (Å²) in [5.41, 5.74) is 5.98. The number of carbonyl (C=O) groups excluding carboxylic acids is 1. The van der Waals surface area contributed by atoms with Crippen molar-refractivity contribution in [3.05, 3.63) is 35.6 Å². The molecule has 0 heterocycles. The number of rotatable bonds is 6. The number of nitrogens with two attached hydrogens (primary N) is 1. The Balaban J connectivity index is 2.87. The van der Waals surface area contributed by atoms with Gasteiger partial charge in [0.05, 0.1) is 5.41 Å². The van der Waals surface area contributed by atoms with Crippen molar-refractivity contribution in [3.8, 4) is 0 Å². The van der Waals surface area contributed by atoms with E-state index < -0.39 is 5.41 Å². The highest BCUT2D eigenvalue weighted by atomic mass is 19.1. The molecule has 0 fully saturated rings. The molecule has 0 aliphatic rings. The van der Waals surface area contributed by atoms with Gasteiger partial charge in [0.2, 0.25) is 5.91 Å². The second kappa shape index (κ2) is 6.66. The molecule has 1 aromatic carbocycles. The summed E-state index contributed by atoms with van der Waals surface area (Å²) in [6.07, 6.45) is 0.696. The van der Waals surface area contributed by atoms with E-state index in [4.69, 9.17) is 5.73 Å². The zero-order valence-corrected chi connectivity index (χ0v) is 11.9. The minimum Gasteiger partial charge on any atom is -0.338 e. The molecule has 1 amide bonds. The van der Waals surface area contributed by atoms with Gasteiger partial charge in [0, 0.05) is 19.6 Å². The molecule has 19 heavy (non-hydrogen) atoms. The van der Waals surface area contributed by atoms with Crippen LogP contribution in [0.3, 0.4) is 0 Å². The molecule has 1 aromatic rings. The molecule has 4 heteroatoms. The van der Waals surface area contributed by atoms with Crippen molar-refractivity contribution in [2.24, 2.45) is 11.1 Å². The van der Waals surface area contributed by atoms with Gasteiger partial charge in [-0.05, 0) is 38.0 Å². The topological polar surface area (TPSA) is 46.3 Å².